The van der Waals surface area contributed by atoms with E-state index < -0.39 is 0 Å². The standard InChI is InChI=1S/C9H10BrClN2/c1-2-3-8(12)6-4-7(10)9(11)13-5-6/h2,4-5,8H,1,3,12H2/t8-/m1/s1. The van der Waals surface area contributed by atoms with E-state index in [1.807, 2.05) is 6.07 Å². The molecule has 0 aliphatic heterocycles. The fraction of sp³-hybridized carbons (Fsp3) is 0.222. The summed E-state index contributed by atoms with van der Waals surface area (Å²) in [4.78, 5) is 3.99. The molecule has 1 rings (SSSR count). The first-order valence-corrected chi connectivity index (χ1v) is 4.99. The lowest BCUT2D eigenvalue weighted by atomic mass is 10.1. The zero-order chi connectivity index (χ0) is 9.84. The van der Waals surface area contributed by atoms with Gasteiger partial charge in [-0.25, -0.2) is 4.98 Å². The van der Waals surface area contributed by atoms with Gasteiger partial charge in [0, 0.05) is 12.2 Å². The Labute approximate surface area is 90.9 Å². The Morgan fingerprint density at radius 3 is 3.00 bits per heavy atom. The maximum Gasteiger partial charge on any atom is 0.143 e. The lowest BCUT2D eigenvalue weighted by Gasteiger charge is -2.09. The van der Waals surface area contributed by atoms with Gasteiger partial charge in [-0.1, -0.05) is 17.7 Å². The predicted molar refractivity (Wildman–Crippen MR) is 58.7 cm³/mol. The molecule has 0 aliphatic rings. The molecular formula is C9H10BrClN2. The van der Waals surface area contributed by atoms with Crippen molar-refractivity contribution in [3.8, 4) is 0 Å². The van der Waals surface area contributed by atoms with Crippen LogP contribution in [0.4, 0.5) is 0 Å². The lowest BCUT2D eigenvalue weighted by molar-refractivity contribution is 0.737. The van der Waals surface area contributed by atoms with E-state index in [1.54, 1.807) is 12.3 Å². The minimum Gasteiger partial charge on any atom is -0.324 e. The van der Waals surface area contributed by atoms with E-state index in [4.69, 9.17) is 17.3 Å². The smallest absolute Gasteiger partial charge is 0.143 e. The van der Waals surface area contributed by atoms with Crippen molar-refractivity contribution in [2.24, 2.45) is 5.73 Å². The van der Waals surface area contributed by atoms with Crippen LogP contribution in [0.1, 0.15) is 18.0 Å². The largest absolute Gasteiger partial charge is 0.324 e. The van der Waals surface area contributed by atoms with Gasteiger partial charge in [-0.2, -0.15) is 0 Å². The molecule has 1 atom stereocenters. The quantitative estimate of drug-likeness (QED) is 0.671. The lowest BCUT2D eigenvalue weighted by Crippen LogP contribution is -2.09. The molecule has 0 aromatic carbocycles. The molecular weight excluding hydrogens is 251 g/mol. The van der Waals surface area contributed by atoms with Crippen LogP contribution in [0, 0.1) is 0 Å². The molecule has 0 aliphatic carbocycles. The first-order chi connectivity index (χ1) is 6.15. The van der Waals surface area contributed by atoms with Crippen molar-refractivity contribution < 1.29 is 0 Å². The van der Waals surface area contributed by atoms with E-state index in [0.717, 1.165) is 16.5 Å². The minimum atomic E-state index is -0.0569. The SMILES string of the molecule is C=CC[C@@H](N)c1cnc(Cl)c(Br)c1. The van der Waals surface area contributed by atoms with Gasteiger partial charge in [-0.15, -0.1) is 6.58 Å². The van der Waals surface area contributed by atoms with Gasteiger partial charge in [0.15, 0.2) is 0 Å². The van der Waals surface area contributed by atoms with Crippen molar-refractivity contribution in [1.29, 1.82) is 0 Å². The number of hydrogen-bond acceptors (Lipinski definition) is 2. The Kier molecular flexibility index (Phi) is 3.90. The first kappa shape index (κ1) is 10.7. The molecule has 0 fully saturated rings. The average molecular weight is 262 g/mol. The van der Waals surface area contributed by atoms with Gasteiger partial charge >= 0.3 is 0 Å². The second-order valence-corrected chi connectivity index (χ2v) is 3.88. The van der Waals surface area contributed by atoms with Gasteiger partial charge in [0.05, 0.1) is 4.47 Å². The number of aromatic nitrogens is 1. The maximum atomic E-state index is 5.85. The molecule has 1 aromatic heterocycles. The van der Waals surface area contributed by atoms with Crippen LogP contribution in [0.15, 0.2) is 29.4 Å². The van der Waals surface area contributed by atoms with Gasteiger partial charge in [0.2, 0.25) is 0 Å². The predicted octanol–water partition coefficient (Wildman–Crippen LogP) is 3.07. The normalized spacial score (nSPS) is 12.5. The Balaban J connectivity index is 2.89. The highest BCUT2D eigenvalue weighted by atomic mass is 79.9. The van der Waals surface area contributed by atoms with Gasteiger partial charge in [0.25, 0.3) is 0 Å². The zero-order valence-electron chi connectivity index (χ0n) is 7.00. The van der Waals surface area contributed by atoms with Crippen molar-refractivity contribution in [3.05, 3.63) is 40.1 Å². The summed E-state index contributed by atoms with van der Waals surface area (Å²) in [5, 5.41) is 0.453. The average Bonchev–Trinajstić information content (AvgIpc) is 2.10. The molecule has 70 valence electrons. The third-order valence-electron chi connectivity index (χ3n) is 1.67. The second kappa shape index (κ2) is 4.74. The highest BCUT2D eigenvalue weighted by molar-refractivity contribution is 9.10. The number of hydrogen-bond donors (Lipinski definition) is 1. The Morgan fingerprint density at radius 1 is 1.77 bits per heavy atom. The third-order valence-corrected chi connectivity index (χ3v) is 2.80. The van der Waals surface area contributed by atoms with Crippen LogP contribution < -0.4 is 5.73 Å². The molecule has 0 bridgehead atoms. The Hall–Kier alpha value is -0.380. The molecule has 0 spiro atoms. The van der Waals surface area contributed by atoms with Crippen molar-refractivity contribution in [2.45, 2.75) is 12.5 Å². The Bertz CT molecular complexity index is 314. The summed E-state index contributed by atoms with van der Waals surface area (Å²) in [6, 6.07) is 1.82. The van der Waals surface area contributed by atoms with E-state index in [-0.39, 0.29) is 6.04 Å². The molecule has 1 aromatic rings. The van der Waals surface area contributed by atoms with Crippen molar-refractivity contribution in [3.63, 3.8) is 0 Å². The number of halogens is 2. The van der Waals surface area contributed by atoms with E-state index in [1.165, 1.54) is 0 Å². The molecule has 0 radical (unpaired) electrons. The van der Waals surface area contributed by atoms with Crippen molar-refractivity contribution in [2.75, 3.05) is 0 Å². The molecule has 13 heavy (non-hydrogen) atoms. The maximum absolute atomic E-state index is 5.85. The molecule has 0 saturated heterocycles. The molecule has 2 nitrogen and oxygen atoms in total. The molecule has 0 unspecified atom stereocenters. The van der Waals surface area contributed by atoms with Crippen LogP contribution in [0.25, 0.3) is 0 Å². The van der Waals surface area contributed by atoms with Crippen molar-refractivity contribution >= 4 is 27.5 Å². The highest BCUT2D eigenvalue weighted by Gasteiger charge is 2.06. The summed E-state index contributed by atoms with van der Waals surface area (Å²) in [7, 11) is 0. The van der Waals surface area contributed by atoms with Crippen LogP contribution in [0.2, 0.25) is 5.15 Å². The molecule has 4 heteroatoms. The molecule has 2 N–H and O–H groups in total. The summed E-state index contributed by atoms with van der Waals surface area (Å²) in [5.41, 5.74) is 6.80. The third kappa shape index (κ3) is 2.79. The van der Waals surface area contributed by atoms with E-state index >= 15 is 0 Å². The first-order valence-electron chi connectivity index (χ1n) is 3.82. The van der Waals surface area contributed by atoms with Gasteiger partial charge in [-0.3, -0.25) is 0 Å². The van der Waals surface area contributed by atoms with Crippen LogP contribution in [-0.4, -0.2) is 4.98 Å². The van der Waals surface area contributed by atoms with Crippen LogP contribution in [0.5, 0.6) is 0 Å². The number of nitrogens with zero attached hydrogens (tertiary/aromatic N) is 1. The topological polar surface area (TPSA) is 38.9 Å². The molecule has 0 amide bonds. The van der Waals surface area contributed by atoms with Gasteiger partial charge in [0.1, 0.15) is 5.15 Å². The number of rotatable bonds is 3. The monoisotopic (exact) mass is 260 g/mol. The fourth-order valence-electron chi connectivity index (χ4n) is 0.954. The molecule has 1 heterocycles. The Morgan fingerprint density at radius 2 is 2.46 bits per heavy atom. The van der Waals surface area contributed by atoms with Crippen molar-refractivity contribution in [1.82, 2.24) is 4.98 Å². The van der Waals surface area contributed by atoms with Gasteiger partial charge < -0.3 is 5.73 Å². The number of pyridine rings is 1. The van der Waals surface area contributed by atoms with E-state index in [9.17, 15) is 0 Å². The highest BCUT2D eigenvalue weighted by Crippen LogP contribution is 2.23. The fourth-order valence-corrected chi connectivity index (χ4v) is 1.42. The van der Waals surface area contributed by atoms with Crippen LogP contribution >= 0.6 is 27.5 Å². The zero-order valence-corrected chi connectivity index (χ0v) is 9.35. The molecule has 0 saturated carbocycles. The van der Waals surface area contributed by atoms with E-state index in [2.05, 4.69) is 27.5 Å². The summed E-state index contributed by atoms with van der Waals surface area (Å²) in [6.07, 6.45) is 4.20. The summed E-state index contributed by atoms with van der Waals surface area (Å²) in [5.74, 6) is 0. The summed E-state index contributed by atoms with van der Waals surface area (Å²) in [6.45, 7) is 3.63. The minimum absolute atomic E-state index is 0.0569. The second-order valence-electron chi connectivity index (χ2n) is 2.67. The van der Waals surface area contributed by atoms with Crippen LogP contribution in [-0.2, 0) is 0 Å². The van der Waals surface area contributed by atoms with Crippen LogP contribution in [0.3, 0.4) is 0 Å². The number of nitrogens with two attached hydrogens (primary N) is 1. The van der Waals surface area contributed by atoms with E-state index in [0.29, 0.717) is 5.15 Å². The van der Waals surface area contributed by atoms with Gasteiger partial charge in [-0.05, 0) is 34.0 Å². The summed E-state index contributed by atoms with van der Waals surface area (Å²) >= 11 is 9.03. The summed E-state index contributed by atoms with van der Waals surface area (Å²) < 4.78 is 0.770.